The smallest absolute Gasteiger partial charge is 0.0619 e. The van der Waals surface area contributed by atoms with Gasteiger partial charge in [0.15, 0.2) is 0 Å². The van der Waals surface area contributed by atoms with Crippen molar-refractivity contribution in [2.45, 2.75) is 110 Å². The first kappa shape index (κ1) is 29.4. The monoisotopic (exact) mass is 542 g/mol. The predicted octanol–water partition coefficient (Wildman–Crippen LogP) is 11.2. The van der Waals surface area contributed by atoms with Gasteiger partial charge >= 0.3 is 0 Å². The van der Waals surface area contributed by atoms with Crippen LogP contribution in [0.3, 0.4) is 0 Å². The first-order valence-corrected chi connectivity index (χ1v) is 15.4. The first-order chi connectivity index (χ1) is 18.8. The molecule has 5 rings (SSSR count). The van der Waals surface area contributed by atoms with E-state index < -0.39 is 5.41 Å². The third kappa shape index (κ3) is 4.98. The molecule has 0 aliphatic heterocycles. The molecule has 0 bridgehead atoms. The Morgan fingerprint density at radius 1 is 0.366 bits per heavy atom. The highest BCUT2D eigenvalue weighted by Crippen LogP contribution is 2.57. The van der Waals surface area contributed by atoms with Crippen LogP contribution in [0.4, 0.5) is 0 Å². The Labute approximate surface area is 250 Å². The molecular formula is C41H50. The molecule has 214 valence electrons. The molecule has 0 unspecified atom stereocenters. The van der Waals surface area contributed by atoms with Crippen molar-refractivity contribution < 1.29 is 0 Å². The van der Waals surface area contributed by atoms with Crippen LogP contribution in [0.25, 0.3) is 11.1 Å². The lowest BCUT2D eigenvalue weighted by atomic mass is 9.64. The minimum absolute atomic E-state index is 0.0265. The molecule has 0 saturated heterocycles. The molecule has 0 spiro atoms. The summed E-state index contributed by atoms with van der Waals surface area (Å²) in [6.07, 6.45) is 0. The van der Waals surface area contributed by atoms with Crippen molar-refractivity contribution in [3.63, 3.8) is 0 Å². The molecule has 0 saturated carbocycles. The lowest BCUT2D eigenvalue weighted by molar-refractivity contribution is 0.560. The molecule has 0 amide bonds. The molecule has 0 fully saturated rings. The molecule has 0 heterocycles. The van der Waals surface area contributed by atoms with Crippen LogP contribution in [0, 0.1) is 0 Å². The number of benzene rings is 4. The lowest BCUT2D eigenvalue weighted by Gasteiger charge is -2.38. The summed E-state index contributed by atoms with van der Waals surface area (Å²) in [5, 5.41) is 0. The molecule has 0 aromatic heterocycles. The van der Waals surface area contributed by atoms with Crippen LogP contribution < -0.4 is 0 Å². The van der Waals surface area contributed by atoms with E-state index in [0.717, 1.165) is 0 Å². The maximum Gasteiger partial charge on any atom is 0.0713 e. The van der Waals surface area contributed by atoms with Crippen LogP contribution in [0.5, 0.6) is 0 Å². The van der Waals surface area contributed by atoms with Crippen molar-refractivity contribution in [2.24, 2.45) is 0 Å². The normalized spacial score (nSPS) is 15.0. The highest BCUT2D eigenvalue weighted by atomic mass is 14.5. The van der Waals surface area contributed by atoms with Crippen LogP contribution in [0.1, 0.15) is 128 Å². The van der Waals surface area contributed by atoms with E-state index in [2.05, 4.69) is 168 Å². The Morgan fingerprint density at radius 2 is 0.634 bits per heavy atom. The maximum atomic E-state index is 2.52. The summed E-state index contributed by atoms with van der Waals surface area (Å²) >= 11 is 0. The van der Waals surface area contributed by atoms with Crippen LogP contribution in [-0.4, -0.2) is 0 Å². The molecule has 0 atom stereocenters. The Morgan fingerprint density at radius 3 is 0.902 bits per heavy atom. The fourth-order valence-electron chi connectivity index (χ4n) is 6.44. The van der Waals surface area contributed by atoms with Gasteiger partial charge in [0.2, 0.25) is 0 Å². The summed E-state index contributed by atoms with van der Waals surface area (Å²) in [7, 11) is 0. The van der Waals surface area contributed by atoms with Crippen molar-refractivity contribution in [3.05, 3.63) is 129 Å². The van der Waals surface area contributed by atoms with Crippen molar-refractivity contribution in [1.29, 1.82) is 0 Å². The van der Waals surface area contributed by atoms with Crippen molar-refractivity contribution in [2.75, 3.05) is 0 Å². The predicted molar refractivity (Wildman–Crippen MR) is 179 cm³/mol. The molecule has 4 aromatic rings. The summed E-state index contributed by atoms with van der Waals surface area (Å²) in [4.78, 5) is 0. The van der Waals surface area contributed by atoms with Crippen LogP contribution in [0.15, 0.2) is 84.9 Å². The van der Waals surface area contributed by atoms with Gasteiger partial charge < -0.3 is 0 Å². The fourth-order valence-corrected chi connectivity index (χ4v) is 6.44. The Hall–Kier alpha value is -3.12. The van der Waals surface area contributed by atoms with Crippen molar-refractivity contribution >= 4 is 0 Å². The third-order valence-corrected chi connectivity index (χ3v) is 9.15. The number of hydrogen-bond acceptors (Lipinski definition) is 0. The van der Waals surface area contributed by atoms with Gasteiger partial charge in [-0.05, 0) is 77.3 Å². The minimum atomic E-state index is -0.421. The fraction of sp³-hybridized carbons (Fsp3) is 0.415. The van der Waals surface area contributed by atoms with Crippen LogP contribution in [0.2, 0.25) is 0 Å². The zero-order chi connectivity index (χ0) is 30.2. The largest absolute Gasteiger partial charge is 0.0713 e. The average molecular weight is 543 g/mol. The molecule has 1 aliphatic carbocycles. The molecule has 4 aromatic carbocycles. The summed E-state index contributed by atoms with van der Waals surface area (Å²) in [6.45, 7) is 28.2. The Kier molecular flexibility index (Phi) is 6.77. The highest BCUT2D eigenvalue weighted by Gasteiger charge is 2.47. The van der Waals surface area contributed by atoms with Crippen LogP contribution >= 0.6 is 0 Å². The summed E-state index contributed by atoms with van der Waals surface area (Å²) < 4.78 is 0. The van der Waals surface area contributed by atoms with E-state index in [9.17, 15) is 0 Å². The number of fused-ring (bicyclic) bond motifs is 3. The Bertz CT molecular complexity index is 1410. The number of hydrogen-bond donors (Lipinski definition) is 0. The van der Waals surface area contributed by atoms with Crippen molar-refractivity contribution in [3.8, 4) is 11.1 Å². The molecule has 1 aliphatic rings. The van der Waals surface area contributed by atoms with Crippen molar-refractivity contribution in [1.82, 2.24) is 0 Å². The van der Waals surface area contributed by atoms with E-state index in [-0.39, 0.29) is 21.7 Å². The molecule has 0 heteroatoms. The second-order valence-electron chi connectivity index (χ2n) is 16.4. The van der Waals surface area contributed by atoms with E-state index in [1.165, 1.54) is 55.6 Å². The minimum Gasteiger partial charge on any atom is -0.0619 e. The zero-order valence-corrected chi connectivity index (χ0v) is 27.6. The molecule has 0 nitrogen and oxygen atoms in total. The van der Waals surface area contributed by atoms with Gasteiger partial charge in [0, 0.05) is 0 Å². The molecule has 0 N–H and O–H groups in total. The summed E-state index contributed by atoms with van der Waals surface area (Å²) in [5.41, 5.74) is 13.5. The van der Waals surface area contributed by atoms with Gasteiger partial charge in [0.1, 0.15) is 0 Å². The van der Waals surface area contributed by atoms with Gasteiger partial charge in [-0.2, -0.15) is 0 Å². The second kappa shape index (κ2) is 9.45. The summed E-state index contributed by atoms with van der Waals surface area (Å²) in [6, 6.07) is 33.3. The van der Waals surface area contributed by atoms with E-state index >= 15 is 0 Å². The van der Waals surface area contributed by atoms with Crippen LogP contribution in [-0.2, 0) is 27.1 Å². The van der Waals surface area contributed by atoms with E-state index in [1.807, 2.05) is 0 Å². The molecule has 41 heavy (non-hydrogen) atoms. The van der Waals surface area contributed by atoms with E-state index in [1.54, 1.807) is 0 Å². The molecular weight excluding hydrogens is 492 g/mol. The van der Waals surface area contributed by atoms with Gasteiger partial charge in [-0.25, -0.2) is 0 Å². The average Bonchev–Trinajstić information content (AvgIpc) is 3.17. The zero-order valence-electron chi connectivity index (χ0n) is 27.6. The first-order valence-electron chi connectivity index (χ1n) is 15.4. The maximum absolute atomic E-state index is 2.52. The second-order valence-corrected chi connectivity index (χ2v) is 16.4. The van der Waals surface area contributed by atoms with Gasteiger partial charge in [0.05, 0.1) is 5.41 Å². The van der Waals surface area contributed by atoms with E-state index in [4.69, 9.17) is 0 Å². The lowest BCUT2D eigenvalue weighted by Crippen LogP contribution is -2.31. The third-order valence-electron chi connectivity index (χ3n) is 9.15. The molecule has 0 radical (unpaired) electrons. The SMILES string of the molecule is CC(C)(C)c1cc(C(C)(C)C)cc(C2(c3cc(C(C)(C)C)cc(C(C)(C)C)c3)c3ccccc3-c3ccccc32)c1. The van der Waals surface area contributed by atoms with Gasteiger partial charge in [-0.15, -0.1) is 0 Å². The number of rotatable bonds is 2. The summed E-state index contributed by atoms with van der Waals surface area (Å²) in [5.74, 6) is 0. The van der Waals surface area contributed by atoms with Gasteiger partial charge in [0.25, 0.3) is 0 Å². The quantitative estimate of drug-likeness (QED) is 0.208. The Balaban J connectivity index is 2.03. The van der Waals surface area contributed by atoms with E-state index in [0.29, 0.717) is 0 Å². The standard InChI is InChI=1S/C41H50/c1-37(2,3)27-21-28(38(4,5)6)24-31(23-27)41(32-25-29(39(7,8)9)22-30(26-32)40(10,11)12)35-19-15-13-17-33(35)34-18-14-16-20-36(34)41/h13-26H,1-12H3. The highest BCUT2D eigenvalue weighted by molar-refractivity contribution is 5.86. The van der Waals surface area contributed by atoms with Gasteiger partial charge in [-0.1, -0.05) is 168 Å². The van der Waals surface area contributed by atoms with Gasteiger partial charge in [-0.3, -0.25) is 0 Å². The topological polar surface area (TPSA) is 0 Å².